The number of aromatic nitrogens is 2. The number of anilines is 1. The van der Waals surface area contributed by atoms with Gasteiger partial charge in [0, 0.05) is 6.20 Å². The standard InChI is InChI=1S/C10H11N3O5S/c11-5-1-2-13(10(17)12-5)9-7(16)6(15)8(18-9)4(14)3-19/h1-2,6-9,14-16H,(H2,11,12,17)/t6-,7+,8+,9+/m0/s1. The van der Waals surface area contributed by atoms with E-state index in [1.54, 1.807) is 0 Å². The summed E-state index contributed by atoms with van der Waals surface area (Å²) < 4.78 is 6.17. The maximum absolute atomic E-state index is 11.6. The Morgan fingerprint density at radius 3 is 2.79 bits per heavy atom. The van der Waals surface area contributed by atoms with Crippen molar-refractivity contribution < 1.29 is 20.1 Å². The van der Waals surface area contributed by atoms with Crippen molar-refractivity contribution in [2.24, 2.45) is 0 Å². The fourth-order valence-electron chi connectivity index (χ4n) is 1.79. The lowest BCUT2D eigenvalue weighted by Crippen LogP contribution is -2.35. The van der Waals surface area contributed by atoms with Gasteiger partial charge in [-0.05, 0) is 23.3 Å². The molecular weight excluding hydrogens is 274 g/mol. The maximum Gasteiger partial charge on any atom is 0.351 e. The Morgan fingerprint density at radius 2 is 2.21 bits per heavy atom. The van der Waals surface area contributed by atoms with Crippen LogP contribution in [-0.2, 0) is 4.74 Å². The van der Waals surface area contributed by atoms with Crippen LogP contribution in [0.3, 0.4) is 0 Å². The van der Waals surface area contributed by atoms with Gasteiger partial charge in [0.2, 0.25) is 0 Å². The summed E-state index contributed by atoms with van der Waals surface area (Å²) in [6.45, 7) is 0. The van der Waals surface area contributed by atoms with Crippen molar-refractivity contribution in [3.8, 4) is 0 Å². The minimum atomic E-state index is -1.44. The van der Waals surface area contributed by atoms with Crippen LogP contribution in [0.4, 0.5) is 5.82 Å². The number of aliphatic hydroxyl groups is 3. The Bertz CT molecular complexity index is 597. The average Bonchev–Trinajstić information content (AvgIpc) is 2.66. The van der Waals surface area contributed by atoms with Gasteiger partial charge in [0.05, 0.1) is 0 Å². The van der Waals surface area contributed by atoms with Crippen molar-refractivity contribution in [2.45, 2.75) is 24.5 Å². The number of aliphatic hydroxyl groups excluding tert-OH is 3. The summed E-state index contributed by atoms with van der Waals surface area (Å²) in [5, 5.41) is 31.0. The van der Waals surface area contributed by atoms with Crippen molar-refractivity contribution >= 4 is 23.1 Å². The molecule has 1 aliphatic rings. The first-order chi connectivity index (χ1) is 8.95. The predicted molar refractivity (Wildman–Crippen MR) is 67.6 cm³/mol. The number of nitrogens with two attached hydrogens (primary N) is 1. The third-order valence-electron chi connectivity index (χ3n) is 2.74. The molecule has 1 aromatic rings. The first-order valence-electron chi connectivity index (χ1n) is 5.26. The Labute approximate surface area is 112 Å². The van der Waals surface area contributed by atoms with E-state index in [9.17, 15) is 20.1 Å². The summed E-state index contributed by atoms with van der Waals surface area (Å²) in [7, 11) is 0. The summed E-state index contributed by atoms with van der Waals surface area (Å²) in [5.41, 5.74) is 4.59. The number of hydrogen-bond donors (Lipinski definition) is 4. The molecule has 2 rings (SSSR count). The molecule has 4 atom stereocenters. The van der Waals surface area contributed by atoms with Gasteiger partial charge in [-0.2, -0.15) is 4.98 Å². The largest absolute Gasteiger partial charge is 0.502 e. The first-order valence-corrected chi connectivity index (χ1v) is 5.66. The Kier molecular flexibility index (Phi) is 3.65. The minimum absolute atomic E-state index is 0.0208. The lowest BCUT2D eigenvalue weighted by atomic mass is 10.1. The zero-order chi connectivity index (χ0) is 14.2. The van der Waals surface area contributed by atoms with Crippen molar-refractivity contribution in [3.05, 3.63) is 28.5 Å². The summed E-state index contributed by atoms with van der Waals surface area (Å²) in [4.78, 5) is 15.1. The molecular formula is C10H11N3O5S. The van der Waals surface area contributed by atoms with Crippen LogP contribution in [0.1, 0.15) is 6.23 Å². The lowest BCUT2D eigenvalue weighted by molar-refractivity contribution is -0.0380. The summed E-state index contributed by atoms with van der Waals surface area (Å²) in [6, 6.07) is 1.34. The van der Waals surface area contributed by atoms with Gasteiger partial charge in [0.1, 0.15) is 18.0 Å². The van der Waals surface area contributed by atoms with E-state index >= 15 is 0 Å². The molecule has 0 unspecified atom stereocenters. The van der Waals surface area contributed by atoms with Gasteiger partial charge < -0.3 is 25.8 Å². The monoisotopic (exact) mass is 285 g/mol. The molecule has 0 spiro atoms. The molecule has 0 bridgehead atoms. The molecule has 1 aliphatic heterocycles. The van der Waals surface area contributed by atoms with E-state index in [0.29, 0.717) is 0 Å². The van der Waals surface area contributed by atoms with Crippen molar-refractivity contribution in [3.63, 3.8) is 0 Å². The fraction of sp³-hybridized carbons (Fsp3) is 0.400. The molecule has 0 aliphatic carbocycles. The molecule has 1 fully saturated rings. The molecule has 5 N–H and O–H groups in total. The normalized spacial score (nSPS) is 30.0. The maximum atomic E-state index is 11.6. The van der Waals surface area contributed by atoms with Crippen molar-refractivity contribution in [2.75, 3.05) is 5.73 Å². The number of thiocarbonyl (C=S) groups is 1. The van der Waals surface area contributed by atoms with Gasteiger partial charge >= 0.3 is 5.69 Å². The van der Waals surface area contributed by atoms with Crippen LogP contribution in [-0.4, -0.2) is 48.2 Å². The van der Waals surface area contributed by atoms with E-state index in [2.05, 4.69) is 17.2 Å². The molecule has 9 heteroatoms. The zero-order valence-electron chi connectivity index (χ0n) is 9.50. The number of rotatable bonds is 2. The van der Waals surface area contributed by atoms with Crippen LogP contribution >= 0.6 is 12.2 Å². The van der Waals surface area contributed by atoms with E-state index in [-0.39, 0.29) is 5.82 Å². The second-order valence-electron chi connectivity index (χ2n) is 3.96. The molecule has 0 amide bonds. The summed E-state index contributed by atoms with van der Waals surface area (Å²) >= 11 is 4.39. The highest BCUT2D eigenvalue weighted by molar-refractivity contribution is 7.78. The van der Waals surface area contributed by atoms with Crippen molar-refractivity contribution in [1.82, 2.24) is 9.55 Å². The Morgan fingerprint density at radius 1 is 1.53 bits per heavy atom. The van der Waals surface area contributed by atoms with Crippen LogP contribution in [0, 0.1) is 0 Å². The topological polar surface area (TPSA) is 131 Å². The molecule has 1 saturated heterocycles. The van der Waals surface area contributed by atoms with Gasteiger partial charge in [0.15, 0.2) is 18.1 Å². The van der Waals surface area contributed by atoms with E-state index in [1.807, 2.05) is 5.02 Å². The fourth-order valence-corrected chi connectivity index (χ4v) is 1.91. The molecule has 0 radical (unpaired) electrons. The summed E-state index contributed by atoms with van der Waals surface area (Å²) in [6.07, 6.45) is -4.05. The second-order valence-corrected chi connectivity index (χ2v) is 4.16. The van der Waals surface area contributed by atoms with Crippen LogP contribution in [0.5, 0.6) is 0 Å². The molecule has 0 saturated carbocycles. The highest BCUT2D eigenvalue weighted by Gasteiger charge is 2.46. The highest BCUT2D eigenvalue weighted by atomic mass is 32.1. The quantitative estimate of drug-likeness (QED) is 0.381. The van der Waals surface area contributed by atoms with Gasteiger partial charge in [-0.1, -0.05) is 0 Å². The van der Waals surface area contributed by atoms with Gasteiger partial charge in [-0.25, -0.2) is 4.79 Å². The van der Waals surface area contributed by atoms with E-state index < -0.39 is 36.0 Å². The number of ether oxygens (including phenoxy) is 1. The molecule has 0 aromatic carbocycles. The van der Waals surface area contributed by atoms with Crippen LogP contribution < -0.4 is 11.4 Å². The molecule has 1 aromatic heterocycles. The smallest absolute Gasteiger partial charge is 0.351 e. The van der Waals surface area contributed by atoms with Gasteiger partial charge in [0.25, 0.3) is 0 Å². The van der Waals surface area contributed by atoms with Crippen LogP contribution in [0.15, 0.2) is 22.8 Å². The SMILES string of the molecule is Nc1ccn([C@@H]2O[C@H](C(O)=C=S)[C@@H](O)[C@H]2O)c(=O)n1. The van der Waals surface area contributed by atoms with Crippen LogP contribution in [0.2, 0.25) is 0 Å². The molecule has 2 heterocycles. The molecule has 8 nitrogen and oxygen atoms in total. The lowest BCUT2D eigenvalue weighted by Gasteiger charge is -2.16. The molecule has 19 heavy (non-hydrogen) atoms. The van der Waals surface area contributed by atoms with E-state index in [4.69, 9.17) is 10.5 Å². The Balaban J connectivity index is 2.37. The summed E-state index contributed by atoms with van der Waals surface area (Å²) in [5.74, 6) is -0.507. The van der Waals surface area contributed by atoms with E-state index in [0.717, 1.165) is 4.57 Å². The third-order valence-corrected chi connectivity index (χ3v) is 2.95. The minimum Gasteiger partial charge on any atom is -0.502 e. The third kappa shape index (κ3) is 2.37. The Hall–Kier alpha value is -1.77. The number of nitrogen functional groups attached to an aromatic ring is 1. The van der Waals surface area contributed by atoms with E-state index in [1.165, 1.54) is 12.3 Å². The second kappa shape index (κ2) is 5.08. The number of nitrogens with zero attached hydrogens (tertiary/aromatic N) is 2. The zero-order valence-corrected chi connectivity index (χ0v) is 10.3. The van der Waals surface area contributed by atoms with Gasteiger partial charge in [-0.3, -0.25) is 4.57 Å². The molecule has 102 valence electrons. The first kappa shape index (κ1) is 13.7. The van der Waals surface area contributed by atoms with Crippen molar-refractivity contribution in [1.29, 1.82) is 0 Å². The predicted octanol–water partition coefficient (Wildman–Crippen LogP) is -1.51. The van der Waals surface area contributed by atoms with Crippen LogP contribution in [0.25, 0.3) is 0 Å². The highest BCUT2D eigenvalue weighted by Crippen LogP contribution is 2.30. The number of hydrogen-bond acceptors (Lipinski definition) is 8. The van der Waals surface area contributed by atoms with Gasteiger partial charge in [-0.15, -0.1) is 0 Å². The average molecular weight is 285 g/mol.